The molecule has 2 heteroatoms. The van der Waals surface area contributed by atoms with E-state index in [0.717, 1.165) is 17.9 Å². The van der Waals surface area contributed by atoms with Crippen molar-refractivity contribution in [2.24, 2.45) is 0 Å². The van der Waals surface area contributed by atoms with Gasteiger partial charge >= 0.3 is 0 Å². The van der Waals surface area contributed by atoms with Crippen LogP contribution in [-0.4, -0.2) is 11.5 Å². The summed E-state index contributed by atoms with van der Waals surface area (Å²) in [6, 6.07) is 6.22. The lowest BCUT2D eigenvalue weighted by Gasteiger charge is -1.94. The minimum atomic E-state index is 0.447. The maximum atomic E-state index is 5.21. The second-order valence-corrected chi connectivity index (χ2v) is 2.55. The molecule has 0 saturated carbocycles. The average molecular weight is 144 g/mol. The Morgan fingerprint density at radius 3 is 3.09 bits per heavy atom. The Labute approximate surface area is 65.7 Å². The summed E-state index contributed by atoms with van der Waals surface area (Å²) in [5.41, 5.74) is 1.77. The molecule has 1 aliphatic heterocycles. The first-order valence-corrected chi connectivity index (χ1v) is 3.57. The molecule has 0 spiro atoms. The number of terminal acetylenes is 1. The SMILES string of the molecule is C#Cc1cccc([C@H]2CN2)n1. The summed E-state index contributed by atoms with van der Waals surface area (Å²) in [5.74, 6) is 2.51. The van der Waals surface area contributed by atoms with Crippen LogP contribution in [0, 0.1) is 12.3 Å². The van der Waals surface area contributed by atoms with Gasteiger partial charge in [-0.2, -0.15) is 0 Å². The summed E-state index contributed by atoms with van der Waals surface area (Å²) >= 11 is 0. The Morgan fingerprint density at radius 1 is 1.64 bits per heavy atom. The normalized spacial score (nSPS) is 20.8. The van der Waals surface area contributed by atoms with Gasteiger partial charge in [-0.15, -0.1) is 6.42 Å². The molecule has 1 atom stereocenters. The van der Waals surface area contributed by atoms with Gasteiger partial charge in [0.15, 0.2) is 0 Å². The van der Waals surface area contributed by atoms with Gasteiger partial charge in [0.1, 0.15) is 5.69 Å². The molecule has 1 aromatic heterocycles. The Bertz CT molecular complexity index is 308. The van der Waals surface area contributed by atoms with Gasteiger partial charge < -0.3 is 5.32 Å². The van der Waals surface area contributed by atoms with Gasteiger partial charge in [0.2, 0.25) is 0 Å². The first-order chi connectivity index (χ1) is 5.40. The Balaban J connectivity index is 2.35. The highest BCUT2D eigenvalue weighted by molar-refractivity contribution is 5.27. The monoisotopic (exact) mass is 144 g/mol. The molecule has 1 fully saturated rings. The Kier molecular flexibility index (Phi) is 1.38. The second-order valence-electron chi connectivity index (χ2n) is 2.55. The van der Waals surface area contributed by atoms with Crippen LogP contribution >= 0.6 is 0 Å². The van der Waals surface area contributed by atoms with Crippen molar-refractivity contribution in [1.82, 2.24) is 10.3 Å². The standard InChI is InChI=1S/C9H8N2/c1-2-7-4-3-5-8(11-7)9-6-10-9/h1,3-5,9-10H,6H2/t9-/m1/s1. The molecule has 1 saturated heterocycles. The summed E-state index contributed by atoms with van der Waals surface area (Å²) in [6.07, 6.45) is 5.21. The van der Waals surface area contributed by atoms with Gasteiger partial charge in [0.25, 0.3) is 0 Å². The van der Waals surface area contributed by atoms with Crippen molar-refractivity contribution in [2.75, 3.05) is 6.54 Å². The van der Waals surface area contributed by atoms with E-state index >= 15 is 0 Å². The molecule has 0 amide bonds. The van der Waals surface area contributed by atoms with Crippen molar-refractivity contribution in [3.63, 3.8) is 0 Å². The van der Waals surface area contributed by atoms with Gasteiger partial charge in [-0.25, -0.2) is 4.98 Å². The third-order valence-electron chi connectivity index (χ3n) is 1.68. The highest BCUT2D eigenvalue weighted by Crippen LogP contribution is 2.18. The maximum absolute atomic E-state index is 5.21. The molecule has 2 heterocycles. The van der Waals surface area contributed by atoms with E-state index < -0.39 is 0 Å². The van der Waals surface area contributed by atoms with E-state index in [1.165, 1.54) is 0 Å². The summed E-state index contributed by atoms with van der Waals surface area (Å²) in [6.45, 7) is 1.03. The number of nitrogens with one attached hydrogen (secondary N) is 1. The summed E-state index contributed by atoms with van der Waals surface area (Å²) < 4.78 is 0. The quantitative estimate of drug-likeness (QED) is 0.465. The third-order valence-corrected chi connectivity index (χ3v) is 1.68. The van der Waals surface area contributed by atoms with E-state index in [9.17, 15) is 0 Å². The van der Waals surface area contributed by atoms with Crippen LogP contribution in [-0.2, 0) is 0 Å². The van der Waals surface area contributed by atoms with E-state index in [4.69, 9.17) is 6.42 Å². The molecule has 11 heavy (non-hydrogen) atoms. The van der Waals surface area contributed by atoms with E-state index in [0.29, 0.717) is 6.04 Å². The lowest BCUT2D eigenvalue weighted by molar-refractivity contribution is 0.987. The number of rotatable bonds is 1. The number of aromatic nitrogens is 1. The van der Waals surface area contributed by atoms with E-state index in [2.05, 4.69) is 16.2 Å². The number of hydrogen-bond donors (Lipinski definition) is 1. The van der Waals surface area contributed by atoms with Gasteiger partial charge in [-0.3, -0.25) is 0 Å². The number of nitrogens with zero attached hydrogens (tertiary/aromatic N) is 1. The smallest absolute Gasteiger partial charge is 0.113 e. The number of pyridine rings is 1. The minimum absolute atomic E-state index is 0.447. The lowest BCUT2D eigenvalue weighted by Crippen LogP contribution is -1.91. The predicted octanol–water partition coefficient (Wildman–Crippen LogP) is 0.707. The van der Waals surface area contributed by atoms with E-state index in [-0.39, 0.29) is 0 Å². The average Bonchev–Trinajstić information content (AvgIpc) is 2.87. The first-order valence-electron chi connectivity index (χ1n) is 3.57. The van der Waals surface area contributed by atoms with E-state index in [1.807, 2.05) is 18.2 Å². The highest BCUT2D eigenvalue weighted by Gasteiger charge is 2.23. The van der Waals surface area contributed by atoms with Gasteiger partial charge in [-0.1, -0.05) is 12.0 Å². The zero-order valence-corrected chi connectivity index (χ0v) is 6.04. The van der Waals surface area contributed by atoms with Crippen molar-refractivity contribution in [2.45, 2.75) is 6.04 Å². The molecule has 0 unspecified atom stereocenters. The molecule has 0 aromatic carbocycles. The van der Waals surface area contributed by atoms with Crippen LogP contribution in [0.1, 0.15) is 17.4 Å². The predicted molar refractivity (Wildman–Crippen MR) is 42.9 cm³/mol. The minimum Gasteiger partial charge on any atom is -0.306 e. The second kappa shape index (κ2) is 2.37. The molecule has 0 bridgehead atoms. The molecule has 54 valence electrons. The molecule has 0 radical (unpaired) electrons. The van der Waals surface area contributed by atoms with Crippen molar-refractivity contribution < 1.29 is 0 Å². The molecule has 1 aromatic rings. The first kappa shape index (κ1) is 6.38. The van der Waals surface area contributed by atoms with Crippen molar-refractivity contribution in [1.29, 1.82) is 0 Å². The maximum Gasteiger partial charge on any atom is 0.113 e. The number of hydrogen-bond acceptors (Lipinski definition) is 2. The summed E-state index contributed by atoms with van der Waals surface area (Å²) in [7, 11) is 0. The summed E-state index contributed by atoms with van der Waals surface area (Å²) in [4.78, 5) is 4.25. The van der Waals surface area contributed by atoms with Crippen molar-refractivity contribution >= 4 is 0 Å². The van der Waals surface area contributed by atoms with Crippen LogP contribution in [0.3, 0.4) is 0 Å². The topological polar surface area (TPSA) is 34.8 Å². The fraction of sp³-hybridized carbons (Fsp3) is 0.222. The van der Waals surface area contributed by atoms with Gasteiger partial charge in [0, 0.05) is 6.54 Å². The van der Waals surface area contributed by atoms with Crippen LogP contribution in [0.2, 0.25) is 0 Å². The molecular formula is C9H8N2. The molecular weight excluding hydrogens is 136 g/mol. The van der Waals surface area contributed by atoms with Crippen LogP contribution < -0.4 is 5.32 Å². The molecule has 0 aliphatic carbocycles. The zero-order valence-electron chi connectivity index (χ0n) is 6.04. The molecule has 2 nitrogen and oxygen atoms in total. The molecule has 1 aliphatic rings. The Hall–Kier alpha value is -1.33. The third kappa shape index (κ3) is 1.24. The fourth-order valence-corrected chi connectivity index (χ4v) is 0.994. The van der Waals surface area contributed by atoms with Crippen LogP contribution in [0.5, 0.6) is 0 Å². The van der Waals surface area contributed by atoms with E-state index in [1.54, 1.807) is 0 Å². The van der Waals surface area contributed by atoms with Gasteiger partial charge in [0.05, 0.1) is 11.7 Å². The molecule has 1 N–H and O–H groups in total. The molecule has 2 rings (SSSR count). The van der Waals surface area contributed by atoms with Crippen LogP contribution in [0.15, 0.2) is 18.2 Å². The zero-order chi connectivity index (χ0) is 7.68. The van der Waals surface area contributed by atoms with Crippen LogP contribution in [0.4, 0.5) is 0 Å². The fourth-order valence-electron chi connectivity index (χ4n) is 0.994. The lowest BCUT2D eigenvalue weighted by atomic mass is 10.2. The van der Waals surface area contributed by atoms with Gasteiger partial charge in [-0.05, 0) is 12.1 Å². The highest BCUT2D eigenvalue weighted by atomic mass is 15.1. The Morgan fingerprint density at radius 2 is 2.45 bits per heavy atom. The van der Waals surface area contributed by atoms with Crippen LogP contribution in [0.25, 0.3) is 0 Å². The van der Waals surface area contributed by atoms with Crippen molar-refractivity contribution in [3.05, 3.63) is 29.6 Å². The van der Waals surface area contributed by atoms with Crippen molar-refractivity contribution in [3.8, 4) is 12.3 Å². The largest absolute Gasteiger partial charge is 0.306 e. The summed E-state index contributed by atoms with van der Waals surface area (Å²) in [5, 5.41) is 3.17.